The van der Waals surface area contributed by atoms with Crippen LogP contribution in [0.5, 0.6) is 0 Å². The summed E-state index contributed by atoms with van der Waals surface area (Å²) >= 11 is 0. The molecule has 3 nitrogen and oxygen atoms in total. The van der Waals surface area contributed by atoms with Crippen LogP contribution < -0.4 is 0 Å². The van der Waals surface area contributed by atoms with E-state index in [0.717, 1.165) is 36.8 Å². The summed E-state index contributed by atoms with van der Waals surface area (Å²) in [6, 6.07) is 6.49. The largest absolute Gasteiger partial charge is 0.341 e. The van der Waals surface area contributed by atoms with Gasteiger partial charge < -0.3 is 9.47 Å². The highest BCUT2D eigenvalue weighted by atomic mass is 19.1. The third kappa shape index (κ3) is 3.18. The molecule has 0 saturated carbocycles. The van der Waals surface area contributed by atoms with Crippen molar-refractivity contribution in [1.82, 2.24) is 9.47 Å². The van der Waals surface area contributed by atoms with E-state index >= 15 is 0 Å². The summed E-state index contributed by atoms with van der Waals surface area (Å²) in [5.41, 5.74) is 0.896. The van der Waals surface area contributed by atoms with Crippen molar-refractivity contribution in [1.29, 1.82) is 0 Å². The van der Waals surface area contributed by atoms with Gasteiger partial charge in [0.05, 0.1) is 0 Å². The van der Waals surface area contributed by atoms with Gasteiger partial charge in [0.15, 0.2) is 0 Å². The number of benzene rings is 1. The second-order valence-electron chi connectivity index (χ2n) is 5.03. The first-order chi connectivity index (χ1) is 9.65. The molecule has 1 heterocycles. The van der Waals surface area contributed by atoms with Crippen molar-refractivity contribution in [2.24, 2.45) is 0 Å². The van der Waals surface area contributed by atoms with E-state index in [9.17, 15) is 9.18 Å². The van der Waals surface area contributed by atoms with Crippen LogP contribution in [0.15, 0.2) is 30.5 Å². The van der Waals surface area contributed by atoms with Gasteiger partial charge in [0.25, 0.3) is 0 Å². The van der Waals surface area contributed by atoms with Crippen LogP contribution in [0.3, 0.4) is 0 Å². The van der Waals surface area contributed by atoms with Gasteiger partial charge in [0.2, 0.25) is 5.91 Å². The lowest BCUT2D eigenvalue weighted by atomic mass is 10.2. The molecule has 1 amide bonds. The molecule has 0 unspecified atom stereocenters. The Morgan fingerprint density at radius 3 is 2.55 bits per heavy atom. The van der Waals surface area contributed by atoms with E-state index in [2.05, 4.69) is 13.8 Å². The smallest absolute Gasteiger partial charge is 0.242 e. The fourth-order valence-corrected chi connectivity index (χ4v) is 2.46. The molecule has 1 aromatic carbocycles. The van der Waals surface area contributed by atoms with Crippen molar-refractivity contribution in [2.45, 2.75) is 33.2 Å². The van der Waals surface area contributed by atoms with E-state index in [-0.39, 0.29) is 11.7 Å². The number of fused-ring (bicyclic) bond motifs is 1. The summed E-state index contributed by atoms with van der Waals surface area (Å²) in [6.45, 7) is 6.05. The van der Waals surface area contributed by atoms with E-state index in [1.807, 2.05) is 21.7 Å². The molecule has 0 saturated heterocycles. The van der Waals surface area contributed by atoms with Crippen LogP contribution in [-0.2, 0) is 11.3 Å². The molecule has 1 aromatic heterocycles. The van der Waals surface area contributed by atoms with Crippen LogP contribution in [0.1, 0.15) is 26.7 Å². The normalized spacial score (nSPS) is 10.9. The molecule has 0 spiro atoms. The number of carbonyl (C=O) groups excluding carboxylic acids is 1. The highest BCUT2D eigenvalue weighted by Crippen LogP contribution is 2.17. The summed E-state index contributed by atoms with van der Waals surface area (Å²) in [7, 11) is 0. The SMILES string of the molecule is CCCN(CCC)C(=O)Cn1ccc2cc(F)ccc21. The highest BCUT2D eigenvalue weighted by Gasteiger charge is 2.13. The first-order valence-corrected chi connectivity index (χ1v) is 7.18. The molecule has 0 radical (unpaired) electrons. The van der Waals surface area contributed by atoms with Gasteiger partial charge in [-0.3, -0.25) is 4.79 Å². The Morgan fingerprint density at radius 1 is 1.20 bits per heavy atom. The lowest BCUT2D eigenvalue weighted by Crippen LogP contribution is -2.35. The van der Waals surface area contributed by atoms with Gasteiger partial charge in [0, 0.05) is 30.2 Å². The second-order valence-corrected chi connectivity index (χ2v) is 5.03. The quantitative estimate of drug-likeness (QED) is 0.793. The van der Waals surface area contributed by atoms with E-state index in [1.165, 1.54) is 12.1 Å². The summed E-state index contributed by atoms with van der Waals surface area (Å²) < 4.78 is 15.0. The zero-order valence-corrected chi connectivity index (χ0v) is 12.1. The average Bonchev–Trinajstić information content (AvgIpc) is 2.80. The molecule has 0 atom stereocenters. The number of hydrogen-bond acceptors (Lipinski definition) is 1. The third-order valence-corrected chi connectivity index (χ3v) is 3.38. The molecule has 0 fully saturated rings. The third-order valence-electron chi connectivity index (χ3n) is 3.38. The molecule has 20 heavy (non-hydrogen) atoms. The van der Waals surface area contributed by atoms with Gasteiger partial charge in [-0.2, -0.15) is 0 Å². The lowest BCUT2D eigenvalue weighted by Gasteiger charge is -2.22. The highest BCUT2D eigenvalue weighted by molar-refractivity contribution is 5.83. The second kappa shape index (κ2) is 6.55. The molecule has 2 aromatic rings. The molecule has 0 aliphatic carbocycles. The fraction of sp³-hybridized carbons (Fsp3) is 0.438. The number of aromatic nitrogens is 1. The van der Waals surface area contributed by atoms with Crippen LogP contribution in [-0.4, -0.2) is 28.5 Å². The van der Waals surface area contributed by atoms with Crippen LogP contribution in [0.2, 0.25) is 0 Å². The fourth-order valence-electron chi connectivity index (χ4n) is 2.46. The molecule has 2 rings (SSSR count). The number of amides is 1. The van der Waals surface area contributed by atoms with Gasteiger partial charge >= 0.3 is 0 Å². The van der Waals surface area contributed by atoms with Crippen LogP contribution >= 0.6 is 0 Å². The Kier molecular flexibility index (Phi) is 4.77. The molecular formula is C16H21FN2O. The van der Waals surface area contributed by atoms with Gasteiger partial charge in [-0.05, 0) is 37.1 Å². The van der Waals surface area contributed by atoms with Crippen LogP contribution in [0.4, 0.5) is 4.39 Å². The molecular weight excluding hydrogens is 255 g/mol. The van der Waals surface area contributed by atoms with E-state index in [4.69, 9.17) is 0 Å². The Bertz CT molecular complexity index is 585. The summed E-state index contributed by atoms with van der Waals surface area (Å²) in [4.78, 5) is 14.2. The monoisotopic (exact) mass is 276 g/mol. The number of halogens is 1. The van der Waals surface area contributed by atoms with Crippen molar-refractivity contribution in [2.75, 3.05) is 13.1 Å². The average molecular weight is 276 g/mol. The van der Waals surface area contributed by atoms with Crippen molar-refractivity contribution in [3.05, 3.63) is 36.3 Å². The number of hydrogen-bond donors (Lipinski definition) is 0. The molecule has 0 aliphatic rings. The minimum absolute atomic E-state index is 0.121. The van der Waals surface area contributed by atoms with Gasteiger partial charge in [-0.25, -0.2) is 4.39 Å². The topological polar surface area (TPSA) is 25.2 Å². The van der Waals surface area contributed by atoms with Crippen LogP contribution in [0, 0.1) is 5.82 Å². The first-order valence-electron chi connectivity index (χ1n) is 7.18. The minimum Gasteiger partial charge on any atom is -0.341 e. The summed E-state index contributed by atoms with van der Waals surface area (Å²) in [6.07, 6.45) is 3.77. The zero-order valence-electron chi connectivity index (χ0n) is 12.1. The van der Waals surface area contributed by atoms with E-state index in [1.54, 1.807) is 6.07 Å². The number of carbonyl (C=O) groups is 1. The number of rotatable bonds is 6. The molecule has 0 bridgehead atoms. The molecule has 0 aliphatic heterocycles. The van der Waals surface area contributed by atoms with Gasteiger partial charge in [-0.15, -0.1) is 0 Å². The van der Waals surface area contributed by atoms with E-state index < -0.39 is 0 Å². The maximum Gasteiger partial charge on any atom is 0.242 e. The summed E-state index contributed by atoms with van der Waals surface area (Å²) in [5.74, 6) is -0.129. The molecule has 108 valence electrons. The first kappa shape index (κ1) is 14.6. The van der Waals surface area contributed by atoms with Gasteiger partial charge in [-0.1, -0.05) is 13.8 Å². The Hall–Kier alpha value is -1.84. The molecule has 4 heteroatoms. The minimum atomic E-state index is -0.250. The van der Waals surface area contributed by atoms with E-state index in [0.29, 0.717) is 6.54 Å². The predicted molar refractivity (Wildman–Crippen MR) is 79.1 cm³/mol. The maximum absolute atomic E-state index is 13.2. The van der Waals surface area contributed by atoms with Gasteiger partial charge in [0.1, 0.15) is 12.4 Å². The zero-order chi connectivity index (χ0) is 14.5. The van der Waals surface area contributed by atoms with Crippen LogP contribution in [0.25, 0.3) is 10.9 Å². The number of nitrogens with zero attached hydrogens (tertiary/aromatic N) is 2. The standard InChI is InChI=1S/C16H21FN2O/c1-3-8-18(9-4-2)16(20)12-19-10-7-13-11-14(17)5-6-15(13)19/h5-7,10-11H,3-4,8-9,12H2,1-2H3. The van der Waals surface area contributed by atoms with Crippen molar-refractivity contribution < 1.29 is 9.18 Å². The Balaban J connectivity index is 2.16. The Labute approximate surface area is 119 Å². The van der Waals surface area contributed by atoms with Crippen molar-refractivity contribution in [3.63, 3.8) is 0 Å². The Morgan fingerprint density at radius 2 is 1.90 bits per heavy atom. The summed E-state index contributed by atoms with van der Waals surface area (Å²) in [5, 5.41) is 0.829. The maximum atomic E-state index is 13.2. The lowest BCUT2D eigenvalue weighted by molar-refractivity contribution is -0.131. The van der Waals surface area contributed by atoms with Crippen molar-refractivity contribution >= 4 is 16.8 Å². The molecule has 0 N–H and O–H groups in total. The van der Waals surface area contributed by atoms with Crippen molar-refractivity contribution in [3.8, 4) is 0 Å². The predicted octanol–water partition coefficient (Wildman–Crippen LogP) is 3.43.